The van der Waals surface area contributed by atoms with Gasteiger partial charge in [0, 0.05) is 24.3 Å². The molecule has 0 aromatic heterocycles. The number of nitrogens with one attached hydrogen (secondary N) is 1. The molecular formula is C18H16FNO3. The van der Waals surface area contributed by atoms with E-state index in [1.54, 1.807) is 36.4 Å². The lowest BCUT2D eigenvalue weighted by atomic mass is 10.2. The number of rotatable bonds is 3. The van der Waals surface area contributed by atoms with E-state index in [-0.39, 0.29) is 11.7 Å². The number of amides is 1. The number of carbonyl (C=O) groups is 1. The van der Waals surface area contributed by atoms with Gasteiger partial charge < -0.3 is 14.8 Å². The van der Waals surface area contributed by atoms with Crippen molar-refractivity contribution in [3.05, 3.63) is 59.9 Å². The highest BCUT2D eigenvalue weighted by Gasteiger charge is 2.11. The number of hydrogen-bond acceptors (Lipinski definition) is 3. The van der Waals surface area contributed by atoms with Crippen molar-refractivity contribution in [2.75, 3.05) is 18.5 Å². The van der Waals surface area contributed by atoms with Gasteiger partial charge in [0.1, 0.15) is 5.82 Å². The fourth-order valence-electron chi connectivity index (χ4n) is 2.17. The molecule has 0 bridgehead atoms. The van der Waals surface area contributed by atoms with Gasteiger partial charge in [-0.25, -0.2) is 4.39 Å². The van der Waals surface area contributed by atoms with E-state index in [1.165, 1.54) is 18.2 Å². The Morgan fingerprint density at radius 3 is 2.57 bits per heavy atom. The first-order valence-corrected chi connectivity index (χ1v) is 7.35. The Kier molecular flexibility index (Phi) is 4.57. The molecule has 5 heteroatoms. The minimum Gasteiger partial charge on any atom is -0.490 e. The second-order valence-corrected chi connectivity index (χ2v) is 5.09. The Morgan fingerprint density at radius 2 is 1.78 bits per heavy atom. The lowest BCUT2D eigenvalue weighted by molar-refractivity contribution is -0.111. The van der Waals surface area contributed by atoms with Gasteiger partial charge >= 0.3 is 0 Å². The number of fused-ring (bicyclic) bond motifs is 1. The lowest BCUT2D eigenvalue weighted by Crippen LogP contribution is -2.07. The topological polar surface area (TPSA) is 47.6 Å². The van der Waals surface area contributed by atoms with Crippen LogP contribution in [-0.2, 0) is 4.79 Å². The third-order valence-corrected chi connectivity index (χ3v) is 3.31. The Hall–Kier alpha value is -2.82. The summed E-state index contributed by atoms with van der Waals surface area (Å²) in [6.45, 7) is 1.22. The van der Waals surface area contributed by atoms with E-state index in [1.807, 2.05) is 0 Å². The average molecular weight is 313 g/mol. The molecule has 0 saturated heterocycles. The summed E-state index contributed by atoms with van der Waals surface area (Å²) >= 11 is 0. The summed E-state index contributed by atoms with van der Waals surface area (Å²) in [6.07, 6.45) is 3.85. The fraction of sp³-hybridized carbons (Fsp3) is 0.167. The van der Waals surface area contributed by atoms with Crippen molar-refractivity contribution in [3.63, 3.8) is 0 Å². The molecule has 2 aromatic rings. The number of anilines is 1. The molecule has 0 radical (unpaired) electrons. The van der Waals surface area contributed by atoms with E-state index in [2.05, 4.69) is 5.32 Å². The van der Waals surface area contributed by atoms with Crippen molar-refractivity contribution < 1.29 is 18.7 Å². The Balaban J connectivity index is 1.65. The first-order valence-electron chi connectivity index (χ1n) is 7.35. The highest BCUT2D eigenvalue weighted by Crippen LogP contribution is 2.32. The van der Waals surface area contributed by atoms with E-state index >= 15 is 0 Å². The highest BCUT2D eigenvalue weighted by molar-refractivity contribution is 6.02. The van der Waals surface area contributed by atoms with Crippen molar-refractivity contribution in [2.45, 2.75) is 6.42 Å². The third kappa shape index (κ3) is 4.10. The zero-order chi connectivity index (χ0) is 16.1. The normalized spacial score (nSPS) is 13.6. The monoisotopic (exact) mass is 313 g/mol. The van der Waals surface area contributed by atoms with Crippen LogP contribution in [0.5, 0.6) is 11.5 Å². The van der Waals surface area contributed by atoms with Crippen molar-refractivity contribution in [3.8, 4) is 11.5 Å². The van der Waals surface area contributed by atoms with Crippen LogP contribution in [0.25, 0.3) is 6.08 Å². The predicted octanol–water partition coefficient (Wildman–Crippen LogP) is 3.64. The largest absolute Gasteiger partial charge is 0.490 e. The Morgan fingerprint density at radius 1 is 1.04 bits per heavy atom. The van der Waals surface area contributed by atoms with E-state index in [0.717, 1.165) is 12.0 Å². The molecule has 1 N–H and O–H groups in total. The van der Waals surface area contributed by atoms with Crippen LogP contribution in [0.4, 0.5) is 10.1 Å². The maximum atomic E-state index is 12.8. The molecule has 0 unspecified atom stereocenters. The smallest absolute Gasteiger partial charge is 0.248 e. The molecule has 4 nitrogen and oxygen atoms in total. The summed E-state index contributed by atoms with van der Waals surface area (Å²) in [5, 5.41) is 2.76. The van der Waals surface area contributed by atoms with Gasteiger partial charge in [-0.1, -0.05) is 12.1 Å². The van der Waals surface area contributed by atoms with Crippen LogP contribution in [-0.4, -0.2) is 19.1 Å². The molecule has 1 aliphatic rings. The van der Waals surface area contributed by atoms with Crippen molar-refractivity contribution in [2.24, 2.45) is 0 Å². The predicted molar refractivity (Wildman–Crippen MR) is 86.1 cm³/mol. The van der Waals surface area contributed by atoms with Gasteiger partial charge in [0.15, 0.2) is 11.5 Å². The van der Waals surface area contributed by atoms with Gasteiger partial charge in [0.25, 0.3) is 0 Å². The average Bonchev–Trinajstić information content (AvgIpc) is 2.79. The summed E-state index contributed by atoms with van der Waals surface area (Å²) in [5.74, 6) is 0.729. The highest BCUT2D eigenvalue weighted by atomic mass is 19.1. The minimum absolute atomic E-state index is 0.274. The molecule has 0 fully saturated rings. The van der Waals surface area contributed by atoms with Crippen LogP contribution in [0.3, 0.4) is 0 Å². The quantitative estimate of drug-likeness (QED) is 0.880. The van der Waals surface area contributed by atoms with Gasteiger partial charge in [-0.3, -0.25) is 4.79 Å². The summed E-state index contributed by atoms with van der Waals surface area (Å²) in [5.41, 5.74) is 1.38. The van der Waals surface area contributed by atoms with Crippen LogP contribution >= 0.6 is 0 Å². The van der Waals surface area contributed by atoms with Crippen LogP contribution in [0, 0.1) is 5.82 Å². The lowest BCUT2D eigenvalue weighted by Gasteiger charge is -2.09. The minimum atomic E-state index is -0.307. The first kappa shape index (κ1) is 15.1. The Labute approximate surface area is 133 Å². The number of benzene rings is 2. The van der Waals surface area contributed by atoms with Gasteiger partial charge in [-0.2, -0.15) is 0 Å². The standard InChI is InChI=1S/C18H16FNO3/c19-14-5-2-13(3-6-14)4-9-18(21)20-15-7-8-16-17(12-15)23-11-1-10-22-16/h2-9,12H,1,10-11H2,(H,20,21)/b9-4+. The summed E-state index contributed by atoms with van der Waals surface area (Å²) in [7, 11) is 0. The molecule has 1 amide bonds. The molecule has 0 atom stereocenters. The van der Waals surface area contributed by atoms with E-state index in [9.17, 15) is 9.18 Å². The molecule has 1 heterocycles. The van der Waals surface area contributed by atoms with E-state index < -0.39 is 0 Å². The number of carbonyl (C=O) groups excluding carboxylic acids is 1. The van der Waals surface area contributed by atoms with Gasteiger partial charge in [-0.15, -0.1) is 0 Å². The molecule has 0 spiro atoms. The molecule has 1 aliphatic heterocycles. The van der Waals surface area contributed by atoms with Gasteiger partial charge in [0.05, 0.1) is 13.2 Å². The van der Waals surface area contributed by atoms with E-state index in [0.29, 0.717) is 30.4 Å². The summed E-state index contributed by atoms with van der Waals surface area (Å²) < 4.78 is 23.9. The molecular weight excluding hydrogens is 297 g/mol. The maximum Gasteiger partial charge on any atom is 0.248 e. The van der Waals surface area contributed by atoms with Crippen LogP contribution in [0.15, 0.2) is 48.5 Å². The van der Waals surface area contributed by atoms with Crippen molar-refractivity contribution in [1.82, 2.24) is 0 Å². The van der Waals surface area contributed by atoms with E-state index in [4.69, 9.17) is 9.47 Å². The van der Waals surface area contributed by atoms with Gasteiger partial charge in [-0.05, 0) is 35.9 Å². The zero-order valence-electron chi connectivity index (χ0n) is 12.4. The number of ether oxygens (including phenoxy) is 2. The zero-order valence-corrected chi connectivity index (χ0v) is 12.4. The molecule has 3 rings (SSSR count). The van der Waals surface area contributed by atoms with Crippen molar-refractivity contribution in [1.29, 1.82) is 0 Å². The number of hydrogen-bond donors (Lipinski definition) is 1. The van der Waals surface area contributed by atoms with Crippen molar-refractivity contribution >= 4 is 17.7 Å². The Bertz CT molecular complexity index is 726. The van der Waals surface area contributed by atoms with Crippen LogP contribution in [0.2, 0.25) is 0 Å². The molecule has 118 valence electrons. The molecule has 23 heavy (non-hydrogen) atoms. The summed E-state index contributed by atoms with van der Waals surface area (Å²) in [6, 6.07) is 11.2. The summed E-state index contributed by atoms with van der Waals surface area (Å²) in [4.78, 5) is 11.9. The molecule has 0 aliphatic carbocycles. The first-order chi connectivity index (χ1) is 11.2. The van der Waals surface area contributed by atoms with Crippen LogP contribution < -0.4 is 14.8 Å². The third-order valence-electron chi connectivity index (χ3n) is 3.31. The number of halogens is 1. The fourth-order valence-corrected chi connectivity index (χ4v) is 2.17. The van der Waals surface area contributed by atoms with Crippen LogP contribution in [0.1, 0.15) is 12.0 Å². The molecule has 2 aromatic carbocycles. The second-order valence-electron chi connectivity index (χ2n) is 5.09. The SMILES string of the molecule is O=C(/C=C/c1ccc(F)cc1)Nc1ccc2c(c1)OCCCO2. The molecule has 0 saturated carbocycles. The maximum absolute atomic E-state index is 12.8. The second kappa shape index (κ2) is 6.96. The van der Waals surface area contributed by atoms with Gasteiger partial charge in [0.2, 0.25) is 5.91 Å².